The maximum atomic E-state index is 8.85. The van der Waals surface area contributed by atoms with Gasteiger partial charge in [-0.2, -0.15) is 5.26 Å². The zero-order chi connectivity index (χ0) is 12.2. The van der Waals surface area contributed by atoms with Crippen molar-refractivity contribution in [1.82, 2.24) is 9.88 Å². The number of rotatable bonds is 5. The monoisotopic (exact) mass is 219 g/mol. The summed E-state index contributed by atoms with van der Waals surface area (Å²) in [5, 5.41) is 12.4. The van der Waals surface area contributed by atoms with Crippen LogP contribution in [0.25, 0.3) is 0 Å². The molecule has 1 heterocycles. The Morgan fingerprint density at radius 3 is 2.69 bits per heavy atom. The van der Waals surface area contributed by atoms with E-state index in [0.717, 1.165) is 13.0 Å². The third-order valence-electron chi connectivity index (χ3n) is 2.82. The summed E-state index contributed by atoms with van der Waals surface area (Å²) >= 11 is 0. The minimum absolute atomic E-state index is 0.164. The van der Waals surface area contributed by atoms with Crippen molar-refractivity contribution in [3.05, 3.63) is 23.5 Å². The van der Waals surface area contributed by atoms with Gasteiger partial charge < -0.3 is 9.88 Å². The third-order valence-corrected chi connectivity index (χ3v) is 2.82. The normalized spacial score (nSPS) is 11.4. The second kappa shape index (κ2) is 5.18. The summed E-state index contributed by atoms with van der Waals surface area (Å²) in [6.45, 7) is 7.44. The van der Waals surface area contributed by atoms with Gasteiger partial charge in [-0.05, 0) is 31.9 Å². The molecule has 0 fully saturated rings. The molecule has 0 aromatic carbocycles. The molecule has 1 N–H and O–H groups in total. The molecule has 0 radical (unpaired) electrons. The number of hydrogen-bond acceptors (Lipinski definition) is 2. The Hall–Kier alpha value is -1.27. The molecule has 1 rings (SSSR count). The highest BCUT2D eigenvalue weighted by Gasteiger charge is 2.15. The van der Waals surface area contributed by atoms with Gasteiger partial charge in [0, 0.05) is 25.3 Å². The quantitative estimate of drug-likeness (QED) is 0.827. The molecule has 0 saturated carbocycles. The molecule has 1 aromatic heterocycles. The second-order valence-corrected chi connectivity index (χ2v) is 4.94. The maximum absolute atomic E-state index is 8.85. The van der Waals surface area contributed by atoms with Crippen molar-refractivity contribution in [1.29, 1.82) is 5.26 Å². The fourth-order valence-corrected chi connectivity index (χ4v) is 1.90. The summed E-state index contributed by atoms with van der Waals surface area (Å²) in [5.74, 6) is 0. The summed E-state index contributed by atoms with van der Waals surface area (Å²) in [6.07, 6.45) is 4.34. The van der Waals surface area contributed by atoms with Crippen LogP contribution in [0.15, 0.2) is 12.3 Å². The molecule has 3 heteroatoms. The van der Waals surface area contributed by atoms with Crippen molar-refractivity contribution < 1.29 is 0 Å². The van der Waals surface area contributed by atoms with E-state index in [-0.39, 0.29) is 5.54 Å². The molecular weight excluding hydrogens is 198 g/mol. The minimum atomic E-state index is 0.164. The van der Waals surface area contributed by atoms with Gasteiger partial charge in [0.15, 0.2) is 0 Å². The highest BCUT2D eigenvalue weighted by molar-refractivity contribution is 5.28. The fraction of sp³-hybridized carbons (Fsp3) is 0.615. The van der Waals surface area contributed by atoms with Gasteiger partial charge in [0.2, 0.25) is 0 Å². The van der Waals surface area contributed by atoms with E-state index in [2.05, 4.69) is 32.2 Å². The van der Waals surface area contributed by atoms with Gasteiger partial charge in [-0.25, -0.2) is 0 Å². The van der Waals surface area contributed by atoms with Gasteiger partial charge in [-0.15, -0.1) is 0 Å². The zero-order valence-corrected chi connectivity index (χ0v) is 10.7. The van der Waals surface area contributed by atoms with E-state index in [4.69, 9.17) is 5.26 Å². The first-order valence-corrected chi connectivity index (χ1v) is 5.79. The SMILES string of the molecule is CCCC(C)(C)NCc1cc(C#N)n(C)c1. The van der Waals surface area contributed by atoms with E-state index in [1.54, 1.807) is 0 Å². The number of hydrogen-bond donors (Lipinski definition) is 1. The molecule has 0 saturated heterocycles. The second-order valence-electron chi connectivity index (χ2n) is 4.94. The number of nitriles is 1. The Kier molecular flexibility index (Phi) is 4.14. The highest BCUT2D eigenvalue weighted by Crippen LogP contribution is 2.13. The fourth-order valence-electron chi connectivity index (χ4n) is 1.90. The Morgan fingerprint density at radius 1 is 1.50 bits per heavy atom. The van der Waals surface area contributed by atoms with Crippen molar-refractivity contribution in [2.45, 2.75) is 45.7 Å². The molecule has 88 valence electrons. The molecule has 0 aliphatic rings. The lowest BCUT2D eigenvalue weighted by atomic mass is 9.99. The van der Waals surface area contributed by atoms with Gasteiger partial charge in [-0.3, -0.25) is 0 Å². The van der Waals surface area contributed by atoms with Gasteiger partial charge in [-0.1, -0.05) is 13.3 Å². The average Bonchev–Trinajstić information content (AvgIpc) is 2.56. The van der Waals surface area contributed by atoms with Crippen LogP contribution in [0.1, 0.15) is 44.9 Å². The van der Waals surface area contributed by atoms with Crippen molar-refractivity contribution in [2.75, 3.05) is 0 Å². The lowest BCUT2D eigenvalue weighted by Gasteiger charge is -2.25. The minimum Gasteiger partial charge on any atom is -0.342 e. The Labute approximate surface area is 98.1 Å². The highest BCUT2D eigenvalue weighted by atomic mass is 15.0. The number of nitrogens with one attached hydrogen (secondary N) is 1. The molecule has 16 heavy (non-hydrogen) atoms. The Bertz CT molecular complexity index is 382. The van der Waals surface area contributed by atoms with Crippen LogP contribution in [-0.4, -0.2) is 10.1 Å². The van der Waals surface area contributed by atoms with E-state index in [1.165, 1.54) is 12.0 Å². The molecular formula is C13H21N3. The summed E-state index contributed by atoms with van der Waals surface area (Å²) < 4.78 is 1.86. The van der Waals surface area contributed by atoms with E-state index in [0.29, 0.717) is 5.69 Å². The van der Waals surface area contributed by atoms with Crippen molar-refractivity contribution in [2.24, 2.45) is 7.05 Å². The van der Waals surface area contributed by atoms with E-state index >= 15 is 0 Å². The van der Waals surface area contributed by atoms with Crippen LogP contribution in [-0.2, 0) is 13.6 Å². The molecule has 0 bridgehead atoms. The van der Waals surface area contributed by atoms with Crippen molar-refractivity contribution >= 4 is 0 Å². The molecule has 3 nitrogen and oxygen atoms in total. The van der Waals surface area contributed by atoms with E-state index in [9.17, 15) is 0 Å². The van der Waals surface area contributed by atoms with Gasteiger partial charge in [0.1, 0.15) is 11.8 Å². The summed E-state index contributed by atoms with van der Waals surface area (Å²) in [4.78, 5) is 0. The van der Waals surface area contributed by atoms with Crippen LogP contribution in [0, 0.1) is 11.3 Å². The molecule has 0 aliphatic heterocycles. The summed E-state index contributed by atoms with van der Waals surface area (Å²) in [7, 11) is 1.90. The van der Waals surface area contributed by atoms with Gasteiger partial charge >= 0.3 is 0 Å². The Balaban J connectivity index is 2.58. The largest absolute Gasteiger partial charge is 0.342 e. The van der Waals surface area contributed by atoms with Gasteiger partial charge in [0.25, 0.3) is 0 Å². The predicted octanol–water partition coefficient (Wildman–Crippen LogP) is 2.57. The van der Waals surface area contributed by atoms with Crippen LogP contribution in [0.4, 0.5) is 0 Å². The van der Waals surface area contributed by atoms with Crippen LogP contribution in [0.2, 0.25) is 0 Å². The topological polar surface area (TPSA) is 40.8 Å². The van der Waals surface area contributed by atoms with Crippen molar-refractivity contribution in [3.8, 4) is 6.07 Å². The first-order chi connectivity index (χ1) is 7.48. The molecule has 0 aliphatic carbocycles. The zero-order valence-electron chi connectivity index (χ0n) is 10.7. The summed E-state index contributed by atoms with van der Waals surface area (Å²) in [5.41, 5.74) is 2.05. The predicted molar refractivity (Wildman–Crippen MR) is 66.0 cm³/mol. The molecule has 0 unspecified atom stereocenters. The first kappa shape index (κ1) is 12.8. The Morgan fingerprint density at radius 2 is 2.19 bits per heavy atom. The molecule has 0 amide bonds. The van der Waals surface area contributed by atoms with Crippen LogP contribution < -0.4 is 5.32 Å². The first-order valence-electron chi connectivity index (χ1n) is 5.79. The average molecular weight is 219 g/mol. The molecule has 0 spiro atoms. The number of aromatic nitrogens is 1. The third kappa shape index (κ3) is 3.39. The maximum Gasteiger partial charge on any atom is 0.120 e. The van der Waals surface area contributed by atoms with Gasteiger partial charge in [0.05, 0.1) is 0 Å². The van der Waals surface area contributed by atoms with Crippen LogP contribution in [0.5, 0.6) is 0 Å². The smallest absolute Gasteiger partial charge is 0.120 e. The molecule has 0 atom stereocenters. The van der Waals surface area contributed by atoms with Crippen LogP contribution >= 0.6 is 0 Å². The lowest BCUT2D eigenvalue weighted by molar-refractivity contribution is 0.357. The van der Waals surface area contributed by atoms with Crippen LogP contribution in [0.3, 0.4) is 0 Å². The van der Waals surface area contributed by atoms with E-state index in [1.807, 2.05) is 23.9 Å². The van der Waals surface area contributed by atoms with E-state index < -0.39 is 0 Å². The number of aryl methyl sites for hydroxylation is 1. The number of nitrogens with zero attached hydrogens (tertiary/aromatic N) is 2. The molecule has 1 aromatic rings. The van der Waals surface area contributed by atoms with Crippen molar-refractivity contribution in [3.63, 3.8) is 0 Å². The lowest BCUT2D eigenvalue weighted by Crippen LogP contribution is -2.38. The summed E-state index contributed by atoms with van der Waals surface area (Å²) in [6, 6.07) is 4.11. The standard InChI is InChI=1S/C13H21N3/c1-5-6-13(2,3)15-9-11-7-12(8-14)16(4)10-11/h7,10,15H,5-6,9H2,1-4H3.